The predicted octanol–water partition coefficient (Wildman–Crippen LogP) is 2.14. The van der Waals surface area contributed by atoms with E-state index in [1.807, 2.05) is 24.3 Å². The van der Waals surface area contributed by atoms with E-state index in [-0.39, 0.29) is 6.42 Å². The topological polar surface area (TPSA) is 49.3 Å². The molecule has 0 amide bonds. The molecule has 3 nitrogen and oxygen atoms in total. The van der Waals surface area contributed by atoms with Gasteiger partial charge in [-0.05, 0) is 18.1 Å². The maximum absolute atomic E-state index is 10.6. The lowest BCUT2D eigenvalue weighted by Crippen LogP contribution is -2.07. The Balaban J connectivity index is 2.57. The quantitative estimate of drug-likeness (QED) is 0.567. The Kier molecular flexibility index (Phi) is 4.94. The van der Waals surface area contributed by atoms with Crippen LogP contribution in [-0.4, -0.2) is 17.6 Å². The number of carbonyl (C=O) groups is 1. The summed E-state index contributed by atoms with van der Waals surface area (Å²) in [5.74, 6) is 1.75. The fourth-order valence-electron chi connectivity index (χ4n) is 1.42. The van der Waals surface area contributed by atoms with E-state index in [9.17, 15) is 4.79 Å². The molecule has 1 aromatic rings. The first-order valence-corrected chi connectivity index (χ1v) is 5.21. The van der Waals surface area contributed by atoms with Gasteiger partial charge in [-0.3, -0.25) is 4.79 Å². The van der Waals surface area contributed by atoms with E-state index in [4.69, 9.17) is 11.5 Å². The smallest absolute Gasteiger partial charge is 0.307 e. The first-order chi connectivity index (χ1) is 7.74. The fourth-order valence-corrected chi connectivity index (χ4v) is 1.42. The number of hydrogen-bond acceptors (Lipinski definition) is 2. The molecular weight excluding hydrogens is 202 g/mol. The molecular formula is C13H15NO2. The van der Waals surface area contributed by atoms with Crippen LogP contribution in [-0.2, 0) is 11.2 Å². The van der Waals surface area contributed by atoms with Crippen molar-refractivity contribution in [2.45, 2.75) is 19.3 Å². The molecule has 0 aliphatic heterocycles. The third-order valence-corrected chi connectivity index (χ3v) is 2.17. The van der Waals surface area contributed by atoms with Gasteiger partial charge in [0.1, 0.15) is 0 Å². The number of terminal acetylenes is 1. The third kappa shape index (κ3) is 4.05. The Morgan fingerprint density at radius 1 is 1.44 bits per heavy atom. The van der Waals surface area contributed by atoms with Gasteiger partial charge in [-0.25, -0.2) is 0 Å². The van der Waals surface area contributed by atoms with Crippen LogP contribution in [0.1, 0.15) is 18.4 Å². The summed E-state index contributed by atoms with van der Waals surface area (Å²) < 4.78 is 0. The number of hydrogen-bond donors (Lipinski definition) is 2. The van der Waals surface area contributed by atoms with Crippen molar-refractivity contribution in [3.05, 3.63) is 29.8 Å². The molecule has 0 saturated carbocycles. The molecule has 2 N–H and O–H groups in total. The molecule has 0 unspecified atom stereocenters. The monoisotopic (exact) mass is 217 g/mol. The number of anilines is 1. The van der Waals surface area contributed by atoms with Crippen molar-refractivity contribution in [2.75, 3.05) is 11.9 Å². The van der Waals surface area contributed by atoms with Crippen molar-refractivity contribution in [2.24, 2.45) is 0 Å². The zero-order chi connectivity index (χ0) is 11.8. The summed E-state index contributed by atoms with van der Waals surface area (Å²) in [7, 11) is 0. The average Bonchev–Trinajstić information content (AvgIpc) is 2.26. The molecule has 0 atom stereocenters. The Morgan fingerprint density at radius 2 is 2.19 bits per heavy atom. The molecule has 1 rings (SSSR count). The number of para-hydroxylation sites is 1. The molecule has 0 spiro atoms. The van der Waals surface area contributed by atoms with Crippen LogP contribution in [0.25, 0.3) is 0 Å². The van der Waals surface area contributed by atoms with E-state index in [1.165, 1.54) is 0 Å². The van der Waals surface area contributed by atoms with Crippen molar-refractivity contribution in [1.82, 2.24) is 0 Å². The maximum atomic E-state index is 10.6. The molecule has 0 aliphatic rings. The van der Waals surface area contributed by atoms with Crippen molar-refractivity contribution in [3.63, 3.8) is 0 Å². The molecule has 0 saturated heterocycles. The molecule has 0 bridgehead atoms. The molecule has 0 radical (unpaired) electrons. The second-order valence-electron chi connectivity index (χ2n) is 3.46. The predicted molar refractivity (Wildman–Crippen MR) is 64.3 cm³/mol. The van der Waals surface area contributed by atoms with Crippen molar-refractivity contribution in [1.29, 1.82) is 0 Å². The van der Waals surface area contributed by atoms with Crippen LogP contribution in [0.15, 0.2) is 24.3 Å². The van der Waals surface area contributed by atoms with Gasteiger partial charge < -0.3 is 10.4 Å². The highest BCUT2D eigenvalue weighted by atomic mass is 16.4. The number of nitrogens with one attached hydrogen (secondary N) is 1. The Bertz CT molecular complexity index is 393. The summed E-state index contributed by atoms with van der Waals surface area (Å²) in [6.45, 7) is 0.765. The highest BCUT2D eigenvalue weighted by molar-refractivity contribution is 5.73. The Hall–Kier alpha value is -1.95. The lowest BCUT2D eigenvalue weighted by atomic mass is 10.1. The van der Waals surface area contributed by atoms with Crippen LogP contribution >= 0.6 is 0 Å². The summed E-state index contributed by atoms with van der Waals surface area (Å²) in [5.41, 5.74) is 1.68. The minimum atomic E-state index is -0.821. The maximum Gasteiger partial charge on any atom is 0.307 e. The first-order valence-electron chi connectivity index (χ1n) is 5.21. The number of unbranched alkanes of at least 4 members (excludes halogenated alkanes) is 1. The number of benzene rings is 1. The molecule has 16 heavy (non-hydrogen) atoms. The molecule has 0 heterocycles. The van der Waals surface area contributed by atoms with Gasteiger partial charge in [-0.2, -0.15) is 0 Å². The molecule has 0 aliphatic carbocycles. The number of aliphatic carboxylic acids is 1. The van der Waals surface area contributed by atoms with Crippen LogP contribution in [0.5, 0.6) is 0 Å². The van der Waals surface area contributed by atoms with Crippen molar-refractivity contribution < 1.29 is 9.90 Å². The van der Waals surface area contributed by atoms with Crippen LogP contribution in [0.3, 0.4) is 0 Å². The average molecular weight is 217 g/mol. The zero-order valence-corrected chi connectivity index (χ0v) is 9.07. The van der Waals surface area contributed by atoms with Crippen LogP contribution in [0.4, 0.5) is 5.69 Å². The van der Waals surface area contributed by atoms with E-state index in [2.05, 4.69) is 11.2 Å². The minimum absolute atomic E-state index is 0.0400. The summed E-state index contributed by atoms with van der Waals surface area (Å²) in [5, 5.41) is 11.9. The lowest BCUT2D eigenvalue weighted by Gasteiger charge is -2.09. The number of rotatable bonds is 6. The van der Waals surface area contributed by atoms with Gasteiger partial charge in [0.2, 0.25) is 0 Å². The normalized spacial score (nSPS) is 9.44. The van der Waals surface area contributed by atoms with E-state index in [1.54, 1.807) is 0 Å². The first kappa shape index (κ1) is 12.1. The van der Waals surface area contributed by atoms with Gasteiger partial charge in [-0.1, -0.05) is 18.2 Å². The van der Waals surface area contributed by atoms with Crippen LogP contribution in [0.2, 0.25) is 0 Å². The number of carboxylic acids is 1. The zero-order valence-electron chi connectivity index (χ0n) is 9.07. The summed E-state index contributed by atoms with van der Waals surface area (Å²) in [6, 6.07) is 7.42. The second kappa shape index (κ2) is 6.52. The summed E-state index contributed by atoms with van der Waals surface area (Å²) in [6.07, 6.45) is 6.81. The lowest BCUT2D eigenvalue weighted by molar-refractivity contribution is -0.136. The number of carboxylic acid groups (broad SMARTS) is 1. The second-order valence-corrected chi connectivity index (χ2v) is 3.46. The Labute approximate surface area is 95.5 Å². The largest absolute Gasteiger partial charge is 0.481 e. The minimum Gasteiger partial charge on any atom is -0.481 e. The third-order valence-electron chi connectivity index (χ3n) is 2.17. The standard InChI is InChI=1S/C13H15NO2/c1-2-3-6-9-14-12-8-5-4-7-11(12)10-13(15)16/h1,4-5,7-8,14H,3,6,9-10H2,(H,15,16). The summed E-state index contributed by atoms with van der Waals surface area (Å²) in [4.78, 5) is 10.6. The van der Waals surface area contributed by atoms with E-state index in [0.717, 1.165) is 30.6 Å². The van der Waals surface area contributed by atoms with Gasteiger partial charge >= 0.3 is 5.97 Å². The molecule has 3 heteroatoms. The highest BCUT2D eigenvalue weighted by Gasteiger charge is 2.04. The van der Waals surface area contributed by atoms with Crippen molar-refractivity contribution >= 4 is 11.7 Å². The fraction of sp³-hybridized carbons (Fsp3) is 0.308. The van der Waals surface area contributed by atoms with Gasteiger partial charge in [0.15, 0.2) is 0 Å². The highest BCUT2D eigenvalue weighted by Crippen LogP contribution is 2.15. The molecule has 1 aromatic carbocycles. The van der Waals surface area contributed by atoms with Crippen LogP contribution < -0.4 is 5.32 Å². The van der Waals surface area contributed by atoms with E-state index in [0.29, 0.717) is 0 Å². The van der Waals surface area contributed by atoms with Gasteiger partial charge in [0, 0.05) is 18.7 Å². The Morgan fingerprint density at radius 3 is 2.88 bits per heavy atom. The van der Waals surface area contributed by atoms with Crippen LogP contribution in [0, 0.1) is 12.3 Å². The van der Waals surface area contributed by atoms with Crippen molar-refractivity contribution in [3.8, 4) is 12.3 Å². The molecule has 0 aromatic heterocycles. The SMILES string of the molecule is C#CCCCNc1ccccc1CC(=O)O. The molecule has 0 fully saturated rings. The molecule has 84 valence electrons. The van der Waals surface area contributed by atoms with Gasteiger partial charge in [0.05, 0.1) is 6.42 Å². The van der Waals surface area contributed by atoms with Gasteiger partial charge in [-0.15, -0.1) is 12.3 Å². The van der Waals surface area contributed by atoms with E-state index < -0.39 is 5.97 Å². The van der Waals surface area contributed by atoms with Gasteiger partial charge in [0.25, 0.3) is 0 Å². The van der Waals surface area contributed by atoms with E-state index >= 15 is 0 Å². The summed E-state index contributed by atoms with van der Waals surface area (Å²) >= 11 is 0.